The molecule has 0 aliphatic rings. The molecule has 0 bridgehead atoms. The van der Waals surface area contributed by atoms with Crippen LogP contribution in [-0.2, 0) is 0 Å². The predicted molar refractivity (Wildman–Crippen MR) is 99.0 cm³/mol. The summed E-state index contributed by atoms with van der Waals surface area (Å²) in [5.74, 6) is 5.21. The summed E-state index contributed by atoms with van der Waals surface area (Å²) in [5, 5.41) is 8.92. The first-order valence-electron chi connectivity index (χ1n) is 7.75. The van der Waals surface area contributed by atoms with E-state index < -0.39 is 5.97 Å². The van der Waals surface area contributed by atoms with E-state index in [1.54, 1.807) is 36.7 Å². The van der Waals surface area contributed by atoms with Gasteiger partial charge in [-0.25, -0.2) is 4.79 Å². The summed E-state index contributed by atoms with van der Waals surface area (Å²) in [6, 6.07) is 18.4. The molecule has 3 nitrogen and oxygen atoms in total. The first-order chi connectivity index (χ1) is 12.2. The van der Waals surface area contributed by atoms with Gasteiger partial charge in [-0.05, 0) is 41.5 Å². The number of aromatic carboxylic acids is 1. The highest BCUT2D eigenvalue weighted by molar-refractivity contribution is 5.87. The molecule has 0 atom stereocenters. The van der Waals surface area contributed by atoms with Crippen LogP contribution >= 0.6 is 0 Å². The first kappa shape index (κ1) is 16.2. The lowest BCUT2D eigenvalue weighted by atomic mass is 10.1. The molecular weight excluding hydrogens is 310 g/mol. The molecule has 0 unspecified atom stereocenters. The lowest BCUT2D eigenvalue weighted by molar-refractivity contribution is 0.0697. The van der Waals surface area contributed by atoms with Gasteiger partial charge in [-0.3, -0.25) is 4.98 Å². The highest BCUT2D eigenvalue weighted by Crippen LogP contribution is 2.12. The molecule has 0 aliphatic carbocycles. The van der Waals surface area contributed by atoms with Crippen LogP contribution in [0.5, 0.6) is 0 Å². The molecule has 120 valence electrons. The van der Waals surface area contributed by atoms with Gasteiger partial charge in [0.1, 0.15) is 0 Å². The first-order valence-corrected chi connectivity index (χ1v) is 7.75. The molecule has 2 aromatic carbocycles. The zero-order valence-electron chi connectivity index (χ0n) is 13.4. The molecule has 1 N–H and O–H groups in total. The zero-order chi connectivity index (χ0) is 17.5. The Morgan fingerprint density at radius 3 is 2.40 bits per heavy atom. The van der Waals surface area contributed by atoms with Crippen LogP contribution in [0.1, 0.15) is 32.6 Å². The average molecular weight is 325 g/mol. The smallest absolute Gasteiger partial charge is 0.335 e. The minimum absolute atomic E-state index is 0.249. The van der Waals surface area contributed by atoms with Crippen molar-refractivity contribution in [3.63, 3.8) is 0 Å². The van der Waals surface area contributed by atoms with Gasteiger partial charge in [-0.2, -0.15) is 0 Å². The Balaban J connectivity index is 1.84. The summed E-state index contributed by atoms with van der Waals surface area (Å²) >= 11 is 0. The third-order valence-corrected chi connectivity index (χ3v) is 3.58. The van der Waals surface area contributed by atoms with Crippen molar-refractivity contribution < 1.29 is 9.90 Å². The fourth-order valence-corrected chi connectivity index (χ4v) is 2.24. The minimum atomic E-state index is -0.944. The third-order valence-electron chi connectivity index (χ3n) is 3.58. The molecule has 0 saturated heterocycles. The van der Waals surface area contributed by atoms with Crippen molar-refractivity contribution >= 4 is 18.1 Å². The Hall–Kier alpha value is -3.64. The molecule has 0 amide bonds. The maximum absolute atomic E-state index is 10.9. The molecule has 0 aliphatic heterocycles. The molecule has 3 rings (SSSR count). The van der Waals surface area contributed by atoms with Gasteiger partial charge in [0.25, 0.3) is 0 Å². The molecule has 3 aromatic rings. The van der Waals surface area contributed by atoms with E-state index in [0.717, 1.165) is 22.3 Å². The fourth-order valence-electron chi connectivity index (χ4n) is 2.24. The molecule has 3 heteroatoms. The van der Waals surface area contributed by atoms with E-state index in [1.165, 1.54) is 0 Å². The number of carboxylic acids is 1. The van der Waals surface area contributed by atoms with Gasteiger partial charge in [-0.15, -0.1) is 0 Å². The summed E-state index contributed by atoms with van der Waals surface area (Å²) in [4.78, 5) is 15.0. The monoisotopic (exact) mass is 325 g/mol. The quantitative estimate of drug-likeness (QED) is 0.728. The Morgan fingerprint density at radius 1 is 0.920 bits per heavy atom. The average Bonchev–Trinajstić information content (AvgIpc) is 2.66. The van der Waals surface area contributed by atoms with Gasteiger partial charge in [0, 0.05) is 18.0 Å². The van der Waals surface area contributed by atoms with Crippen molar-refractivity contribution in [2.75, 3.05) is 0 Å². The van der Waals surface area contributed by atoms with Crippen molar-refractivity contribution in [3.05, 3.63) is 101 Å². The number of nitrogens with zero attached hydrogens (tertiary/aromatic N) is 1. The number of pyridine rings is 1. The predicted octanol–water partition coefficient (Wildman–Crippen LogP) is 4.35. The summed E-state index contributed by atoms with van der Waals surface area (Å²) < 4.78 is 0. The third kappa shape index (κ3) is 4.43. The van der Waals surface area contributed by atoms with Crippen LogP contribution in [0.25, 0.3) is 12.2 Å². The standard InChI is InChI=1S/C22H15NO2/c24-22(25)20-11-7-18(8-12-20)9-13-21-16-23-15-14-19(21)10-6-17-4-2-1-3-5-17/h1-8,10-12,14-16H,(H,24,25)/b10-6+. The molecule has 0 fully saturated rings. The van der Waals surface area contributed by atoms with Crippen LogP contribution in [0.2, 0.25) is 0 Å². The van der Waals surface area contributed by atoms with Crippen LogP contribution in [0.15, 0.2) is 73.1 Å². The summed E-state index contributed by atoms with van der Waals surface area (Å²) in [7, 11) is 0. The number of hydrogen-bond acceptors (Lipinski definition) is 2. The second kappa shape index (κ2) is 7.76. The lowest BCUT2D eigenvalue weighted by Crippen LogP contribution is -1.94. The van der Waals surface area contributed by atoms with Crippen LogP contribution < -0.4 is 0 Å². The van der Waals surface area contributed by atoms with Crippen LogP contribution in [0, 0.1) is 11.8 Å². The fraction of sp³-hybridized carbons (Fsp3) is 0. The number of hydrogen-bond donors (Lipinski definition) is 1. The van der Waals surface area contributed by atoms with E-state index in [-0.39, 0.29) is 5.56 Å². The number of carboxylic acid groups (broad SMARTS) is 1. The number of carbonyl (C=O) groups is 1. The molecule has 0 radical (unpaired) electrons. The second-order valence-electron chi connectivity index (χ2n) is 5.34. The topological polar surface area (TPSA) is 50.2 Å². The SMILES string of the molecule is O=C(O)c1ccc(C#Cc2cnccc2/C=C/c2ccccc2)cc1. The highest BCUT2D eigenvalue weighted by Gasteiger charge is 2.00. The van der Waals surface area contributed by atoms with Crippen LogP contribution in [0.3, 0.4) is 0 Å². The highest BCUT2D eigenvalue weighted by atomic mass is 16.4. The molecule has 25 heavy (non-hydrogen) atoms. The van der Waals surface area contributed by atoms with E-state index in [4.69, 9.17) is 5.11 Å². The van der Waals surface area contributed by atoms with Gasteiger partial charge < -0.3 is 5.11 Å². The van der Waals surface area contributed by atoms with Gasteiger partial charge >= 0.3 is 5.97 Å². The number of benzene rings is 2. The molecule has 0 spiro atoms. The van der Waals surface area contributed by atoms with Crippen molar-refractivity contribution in [1.82, 2.24) is 4.98 Å². The van der Waals surface area contributed by atoms with Crippen molar-refractivity contribution in [2.24, 2.45) is 0 Å². The maximum atomic E-state index is 10.9. The lowest BCUT2D eigenvalue weighted by Gasteiger charge is -1.98. The Labute approximate surface area is 146 Å². The summed E-state index contributed by atoms with van der Waals surface area (Å²) in [6.07, 6.45) is 7.50. The minimum Gasteiger partial charge on any atom is -0.478 e. The van der Waals surface area contributed by atoms with E-state index in [0.29, 0.717) is 0 Å². The van der Waals surface area contributed by atoms with Crippen LogP contribution in [-0.4, -0.2) is 16.1 Å². The Kier molecular flexibility index (Phi) is 5.04. The maximum Gasteiger partial charge on any atom is 0.335 e. The number of rotatable bonds is 3. The van der Waals surface area contributed by atoms with E-state index in [2.05, 4.69) is 16.8 Å². The van der Waals surface area contributed by atoms with Gasteiger partial charge in [0.15, 0.2) is 0 Å². The number of aromatic nitrogens is 1. The molecule has 0 saturated carbocycles. The van der Waals surface area contributed by atoms with E-state index in [1.807, 2.05) is 48.6 Å². The van der Waals surface area contributed by atoms with Gasteiger partial charge in [-0.1, -0.05) is 54.3 Å². The van der Waals surface area contributed by atoms with E-state index in [9.17, 15) is 4.79 Å². The van der Waals surface area contributed by atoms with E-state index >= 15 is 0 Å². The van der Waals surface area contributed by atoms with Gasteiger partial charge in [0.05, 0.1) is 11.1 Å². The molecule has 1 aromatic heterocycles. The normalized spacial score (nSPS) is 10.2. The Bertz CT molecular complexity index is 962. The van der Waals surface area contributed by atoms with Crippen molar-refractivity contribution in [3.8, 4) is 11.8 Å². The Morgan fingerprint density at radius 2 is 1.68 bits per heavy atom. The van der Waals surface area contributed by atoms with Crippen molar-refractivity contribution in [1.29, 1.82) is 0 Å². The summed E-state index contributed by atoms with van der Waals surface area (Å²) in [6.45, 7) is 0. The van der Waals surface area contributed by atoms with Crippen molar-refractivity contribution in [2.45, 2.75) is 0 Å². The largest absolute Gasteiger partial charge is 0.478 e. The van der Waals surface area contributed by atoms with Crippen LogP contribution in [0.4, 0.5) is 0 Å². The molecule has 1 heterocycles. The zero-order valence-corrected chi connectivity index (χ0v) is 13.4. The molecular formula is C22H15NO2. The second-order valence-corrected chi connectivity index (χ2v) is 5.34. The summed E-state index contributed by atoms with van der Waals surface area (Å²) in [5.41, 5.74) is 3.92. The van der Waals surface area contributed by atoms with Gasteiger partial charge in [0.2, 0.25) is 0 Å².